The maximum Gasteiger partial charge on any atom is 0.122 e. The molecular weight excluding hydrogens is 254 g/mol. The number of methoxy groups -OCH3 is 2. The molecule has 0 atom stereocenters. The number of hydrogen-bond donors (Lipinski definition) is 1. The van der Waals surface area contributed by atoms with Crippen LogP contribution in [0.5, 0.6) is 11.5 Å². The van der Waals surface area contributed by atoms with Crippen molar-refractivity contribution >= 4 is 0 Å². The van der Waals surface area contributed by atoms with Crippen molar-refractivity contribution in [2.24, 2.45) is 0 Å². The highest BCUT2D eigenvalue weighted by atomic mass is 16.5. The van der Waals surface area contributed by atoms with E-state index in [1.54, 1.807) is 14.2 Å². The van der Waals surface area contributed by atoms with E-state index in [4.69, 9.17) is 13.9 Å². The summed E-state index contributed by atoms with van der Waals surface area (Å²) >= 11 is 0. The third-order valence-corrected chi connectivity index (χ3v) is 3.15. The molecule has 0 unspecified atom stereocenters. The lowest BCUT2D eigenvalue weighted by Gasteiger charge is -2.10. The van der Waals surface area contributed by atoms with E-state index in [-0.39, 0.29) is 0 Å². The molecule has 0 radical (unpaired) electrons. The van der Waals surface area contributed by atoms with Gasteiger partial charge in [-0.3, -0.25) is 0 Å². The highest BCUT2D eigenvalue weighted by molar-refractivity contribution is 5.40. The van der Waals surface area contributed by atoms with E-state index in [2.05, 4.69) is 5.32 Å². The summed E-state index contributed by atoms with van der Waals surface area (Å²) < 4.78 is 16.1. The van der Waals surface area contributed by atoms with Gasteiger partial charge in [0.25, 0.3) is 0 Å². The minimum atomic E-state index is 0.736. The van der Waals surface area contributed by atoms with Crippen molar-refractivity contribution < 1.29 is 13.9 Å². The Morgan fingerprint density at radius 3 is 2.60 bits per heavy atom. The van der Waals surface area contributed by atoms with Crippen LogP contribution in [0.2, 0.25) is 0 Å². The number of benzene rings is 1. The Kier molecular flexibility index (Phi) is 5.07. The Bertz CT molecular complexity index is 548. The number of furan rings is 1. The van der Waals surface area contributed by atoms with Crippen molar-refractivity contribution in [1.29, 1.82) is 0 Å². The predicted octanol–water partition coefficient (Wildman–Crippen LogP) is 2.94. The maximum atomic E-state index is 5.51. The molecule has 0 saturated heterocycles. The molecule has 0 bridgehead atoms. The number of hydrogen-bond acceptors (Lipinski definition) is 4. The zero-order valence-corrected chi connectivity index (χ0v) is 12.2. The summed E-state index contributed by atoms with van der Waals surface area (Å²) in [5.41, 5.74) is 1.13. The summed E-state index contributed by atoms with van der Waals surface area (Å²) in [6, 6.07) is 9.82. The van der Waals surface area contributed by atoms with E-state index in [1.807, 2.05) is 37.3 Å². The van der Waals surface area contributed by atoms with Crippen LogP contribution in [0.3, 0.4) is 0 Å². The first kappa shape index (κ1) is 14.5. The lowest BCUT2D eigenvalue weighted by Crippen LogP contribution is -2.16. The Hall–Kier alpha value is -1.94. The second kappa shape index (κ2) is 7.01. The molecule has 1 aromatic carbocycles. The van der Waals surface area contributed by atoms with Crippen molar-refractivity contribution in [1.82, 2.24) is 5.32 Å². The van der Waals surface area contributed by atoms with Gasteiger partial charge in [-0.25, -0.2) is 0 Å². The first-order valence-electron chi connectivity index (χ1n) is 6.70. The molecule has 1 N–H and O–H groups in total. The lowest BCUT2D eigenvalue weighted by molar-refractivity contribution is 0.398. The normalized spacial score (nSPS) is 10.6. The zero-order valence-electron chi connectivity index (χ0n) is 12.2. The van der Waals surface area contributed by atoms with Gasteiger partial charge < -0.3 is 19.2 Å². The fourth-order valence-corrected chi connectivity index (χ4v) is 2.09. The van der Waals surface area contributed by atoms with Gasteiger partial charge in [0, 0.05) is 0 Å². The molecule has 2 aromatic rings. The monoisotopic (exact) mass is 275 g/mol. The molecule has 0 saturated carbocycles. The first-order valence-corrected chi connectivity index (χ1v) is 6.70. The fourth-order valence-electron chi connectivity index (χ4n) is 2.09. The Balaban J connectivity index is 1.86. The van der Waals surface area contributed by atoms with Crippen LogP contribution in [0.1, 0.15) is 17.1 Å². The van der Waals surface area contributed by atoms with Crippen LogP contribution in [0.15, 0.2) is 34.7 Å². The third kappa shape index (κ3) is 3.78. The Labute approximate surface area is 119 Å². The average molecular weight is 275 g/mol. The number of aryl methyl sites for hydroxylation is 1. The second-order valence-electron chi connectivity index (χ2n) is 4.62. The smallest absolute Gasteiger partial charge is 0.122 e. The molecule has 0 spiro atoms. The van der Waals surface area contributed by atoms with Crippen LogP contribution in [-0.4, -0.2) is 20.8 Å². The van der Waals surface area contributed by atoms with E-state index < -0.39 is 0 Å². The fraction of sp³-hybridized carbons (Fsp3) is 0.375. The quantitative estimate of drug-likeness (QED) is 0.789. The molecule has 1 aromatic heterocycles. The minimum Gasteiger partial charge on any atom is -0.497 e. The number of rotatable bonds is 7. The molecule has 0 aliphatic rings. The summed E-state index contributed by atoms with van der Waals surface area (Å²) in [6.45, 7) is 3.54. The van der Waals surface area contributed by atoms with Crippen LogP contribution in [0.25, 0.3) is 0 Å². The molecule has 0 fully saturated rings. The number of nitrogens with one attached hydrogen (secondary N) is 1. The van der Waals surface area contributed by atoms with Crippen LogP contribution in [-0.2, 0) is 13.0 Å². The molecule has 0 aliphatic heterocycles. The lowest BCUT2D eigenvalue weighted by atomic mass is 10.1. The molecule has 2 rings (SSSR count). The third-order valence-electron chi connectivity index (χ3n) is 3.15. The van der Waals surface area contributed by atoms with Gasteiger partial charge in [0.1, 0.15) is 23.0 Å². The van der Waals surface area contributed by atoms with Crippen molar-refractivity contribution in [3.63, 3.8) is 0 Å². The largest absolute Gasteiger partial charge is 0.497 e. The topological polar surface area (TPSA) is 43.6 Å². The van der Waals surface area contributed by atoms with Crippen molar-refractivity contribution in [2.45, 2.75) is 19.9 Å². The summed E-state index contributed by atoms with van der Waals surface area (Å²) in [5, 5.41) is 3.36. The van der Waals surface area contributed by atoms with Crippen LogP contribution >= 0.6 is 0 Å². The van der Waals surface area contributed by atoms with Crippen molar-refractivity contribution in [2.75, 3.05) is 20.8 Å². The van der Waals surface area contributed by atoms with Gasteiger partial charge in [0.15, 0.2) is 0 Å². The van der Waals surface area contributed by atoms with Gasteiger partial charge in [-0.2, -0.15) is 0 Å². The highest BCUT2D eigenvalue weighted by Crippen LogP contribution is 2.24. The molecule has 4 heteroatoms. The average Bonchev–Trinajstić information content (AvgIpc) is 2.89. The molecule has 1 heterocycles. The van der Waals surface area contributed by atoms with E-state index in [1.165, 1.54) is 0 Å². The molecule has 0 aliphatic carbocycles. The summed E-state index contributed by atoms with van der Waals surface area (Å²) in [6.07, 6.45) is 0.875. The molecule has 20 heavy (non-hydrogen) atoms. The van der Waals surface area contributed by atoms with Gasteiger partial charge in [-0.15, -0.1) is 0 Å². The predicted molar refractivity (Wildman–Crippen MR) is 78.4 cm³/mol. The van der Waals surface area contributed by atoms with Gasteiger partial charge in [-0.1, -0.05) is 0 Å². The van der Waals surface area contributed by atoms with E-state index in [0.717, 1.165) is 48.1 Å². The van der Waals surface area contributed by atoms with Crippen molar-refractivity contribution in [3.05, 3.63) is 47.4 Å². The minimum absolute atomic E-state index is 0.736. The van der Waals surface area contributed by atoms with Crippen LogP contribution in [0.4, 0.5) is 0 Å². The highest BCUT2D eigenvalue weighted by Gasteiger charge is 2.05. The Morgan fingerprint density at radius 2 is 1.95 bits per heavy atom. The maximum absolute atomic E-state index is 5.51. The van der Waals surface area contributed by atoms with E-state index in [0.29, 0.717) is 0 Å². The van der Waals surface area contributed by atoms with Gasteiger partial charge >= 0.3 is 0 Å². The molecule has 4 nitrogen and oxygen atoms in total. The zero-order chi connectivity index (χ0) is 14.4. The summed E-state index contributed by atoms with van der Waals surface area (Å²) in [5.74, 6) is 3.64. The number of ether oxygens (including phenoxy) is 2. The SMILES string of the molecule is COc1ccc(OC)c(CCNCc2ccc(C)o2)c1. The second-order valence-corrected chi connectivity index (χ2v) is 4.62. The molecule has 0 amide bonds. The van der Waals surface area contributed by atoms with Crippen LogP contribution < -0.4 is 14.8 Å². The van der Waals surface area contributed by atoms with Crippen molar-refractivity contribution in [3.8, 4) is 11.5 Å². The van der Waals surface area contributed by atoms with Crippen LogP contribution in [0, 0.1) is 6.92 Å². The summed E-state index contributed by atoms with van der Waals surface area (Å²) in [7, 11) is 3.35. The Morgan fingerprint density at radius 1 is 1.10 bits per heavy atom. The molecule has 108 valence electrons. The standard InChI is InChI=1S/C16H21NO3/c1-12-4-5-15(20-12)11-17-9-8-13-10-14(18-2)6-7-16(13)19-3/h4-7,10,17H,8-9,11H2,1-3H3. The van der Waals surface area contributed by atoms with Gasteiger partial charge in [-0.05, 0) is 55.8 Å². The first-order chi connectivity index (χ1) is 9.72. The summed E-state index contributed by atoms with van der Waals surface area (Å²) in [4.78, 5) is 0. The van der Waals surface area contributed by atoms with Gasteiger partial charge in [0.05, 0.1) is 20.8 Å². The van der Waals surface area contributed by atoms with E-state index in [9.17, 15) is 0 Å². The molecular formula is C16H21NO3. The van der Waals surface area contributed by atoms with E-state index >= 15 is 0 Å². The van der Waals surface area contributed by atoms with Gasteiger partial charge in [0.2, 0.25) is 0 Å².